The van der Waals surface area contributed by atoms with Gasteiger partial charge < -0.3 is 9.73 Å². The molecule has 1 aromatic rings. The quantitative estimate of drug-likeness (QED) is 0.871. The van der Waals surface area contributed by atoms with Gasteiger partial charge in [0.15, 0.2) is 0 Å². The highest BCUT2D eigenvalue weighted by Gasteiger charge is 2.18. The van der Waals surface area contributed by atoms with Crippen LogP contribution >= 0.6 is 0 Å². The third kappa shape index (κ3) is 3.85. The first kappa shape index (κ1) is 13.6. The van der Waals surface area contributed by atoms with Gasteiger partial charge in [0.1, 0.15) is 5.76 Å². The van der Waals surface area contributed by atoms with Crippen LogP contribution in [0.1, 0.15) is 44.9 Å². The lowest BCUT2D eigenvalue weighted by atomic mass is 10.00. The second-order valence-electron chi connectivity index (χ2n) is 5.89. The Labute approximate surface area is 111 Å². The fourth-order valence-electron chi connectivity index (χ4n) is 2.63. The van der Waals surface area contributed by atoms with Crippen molar-refractivity contribution in [3.63, 3.8) is 0 Å². The Kier molecular flexibility index (Phi) is 4.84. The summed E-state index contributed by atoms with van der Waals surface area (Å²) < 4.78 is 5.59. The van der Waals surface area contributed by atoms with Crippen LogP contribution in [0.3, 0.4) is 0 Å². The highest BCUT2D eigenvalue weighted by atomic mass is 16.3. The summed E-state index contributed by atoms with van der Waals surface area (Å²) in [6, 6.07) is 2.62. The molecule has 2 rings (SSSR count). The van der Waals surface area contributed by atoms with Gasteiger partial charge in [-0.1, -0.05) is 20.8 Å². The Hall–Kier alpha value is -0.800. The Bertz CT molecular complexity index is 359. The normalized spacial score (nSPS) is 21.7. The molecule has 102 valence electrons. The van der Waals surface area contributed by atoms with Crippen LogP contribution in [0, 0.1) is 5.92 Å². The number of piperidine rings is 1. The van der Waals surface area contributed by atoms with Crippen LogP contribution < -0.4 is 5.32 Å². The van der Waals surface area contributed by atoms with Gasteiger partial charge in [-0.15, -0.1) is 0 Å². The van der Waals surface area contributed by atoms with Crippen molar-refractivity contribution in [2.45, 2.75) is 52.7 Å². The average molecular weight is 250 g/mol. The molecule has 1 aliphatic rings. The maximum Gasteiger partial charge on any atom is 0.122 e. The van der Waals surface area contributed by atoms with Gasteiger partial charge in [-0.25, -0.2) is 0 Å². The minimum absolute atomic E-state index is 0.498. The van der Waals surface area contributed by atoms with Crippen molar-refractivity contribution >= 4 is 0 Å². The lowest BCUT2D eigenvalue weighted by Gasteiger charge is -2.30. The van der Waals surface area contributed by atoms with E-state index in [0.29, 0.717) is 6.04 Å². The Morgan fingerprint density at radius 2 is 2.33 bits per heavy atom. The van der Waals surface area contributed by atoms with E-state index in [0.717, 1.165) is 24.8 Å². The second-order valence-corrected chi connectivity index (χ2v) is 5.89. The lowest BCUT2D eigenvalue weighted by Crippen LogP contribution is -2.34. The summed E-state index contributed by atoms with van der Waals surface area (Å²) in [5, 5.41) is 3.42. The van der Waals surface area contributed by atoms with E-state index in [9.17, 15) is 0 Å². The predicted octanol–water partition coefficient (Wildman–Crippen LogP) is 3.01. The number of furan rings is 1. The van der Waals surface area contributed by atoms with Gasteiger partial charge in [-0.05, 0) is 31.4 Å². The molecule has 1 aromatic heterocycles. The first-order valence-corrected chi connectivity index (χ1v) is 7.16. The molecule has 0 saturated carbocycles. The van der Waals surface area contributed by atoms with E-state index >= 15 is 0 Å². The topological polar surface area (TPSA) is 28.4 Å². The van der Waals surface area contributed by atoms with E-state index in [2.05, 4.69) is 37.1 Å². The lowest BCUT2D eigenvalue weighted by molar-refractivity contribution is 0.175. The number of nitrogens with one attached hydrogen (secondary N) is 1. The summed E-state index contributed by atoms with van der Waals surface area (Å²) in [5.41, 5.74) is 1.34. The largest absolute Gasteiger partial charge is 0.468 e. The summed E-state index contributed by atoms with van der Waals surface area (Å²) >= 11 is 0. The van der Waals surface area contributed by atoms with E-state index in [1.807, 2.05) is 6.26 Å². The van der Waals surface area contributed by atoms with E-state index in [4.69, 9.17) is 4.42 Å². The molecule has 0 spiro atoms. The van der Waals surface area contributed by atoms with Gasteiger partial charge in [0, 0.05) is 24.7 Å². The van der Waals surface area contributed by atoms with Crippen molar-refractivity contribution < 1.29 is 4.42 Å². The Morgan fingerprint density at radius 1 is 1.50 bits per heavy atom. The summed E-state index contributed by atoms with van der Waals surface area (Å²) in [7, 11) is 0. The van der Waals surface area contributed by atoms with E-state index in [1.165, 1.54) is 31.5 Å². The highest BCUT2D eigenvalue weighted by molar-refractivity contribution is 5.17. The predicted molar refractivity (Wildman–Crippen MR) is 74.4 cm³/mol. The van der Waals surface area contributed by atoms with Crippen molar-refractivity contribution in [2.24, 2.45) is 5.92 Å². The van der Waals surface area contributed by atoms with Crippen LogP contribution in [0.4, 0.5) is 0 Å². The zero-order valence-electron chi connectivity index (χ0n) is 11.9. The van der Waals surface area contributed by atoms with Gasteiger partial charge in [-0.3, -0.25) is 4.90 Å². The van der Waals surface area contributed by atoms with Crippen molar-refractivity contribution in [1.82, 2.24) is 10.2 Å². The Morgan fingerprint density at radius 3 is 3.06 bits per heavy atom. The van der Waals surface area contributed by atoms with Gasteiger partial charge in [-0.2, -0.15) is 0 Å². The molecular formula is C15H26N2O. The zero-order chi connectivity index (χ0) is 13.0. The molecule has 1 fully saturated rings. The van der Waals surface area contributed by atoms with Gasteiger partial charge in [0.2, 0.25) is 0 Å². The van der Waals surface area contributed by atoms with Crippen molar-refractivity contribution in [1.29, 1.82) is 0 Å². The summed E-state index contributed by atoms with van der Waals surface area (Å²) in [5.74, 6) is 1.94. The van der Waals surface area contributed by atoms with Crippen LogP contribution in [0.15, 0.2) is 16.7 Å². The van der Waals surface area contributed by atoms with Gasteiger partial charge >= 0.3 is 0 Å². The highest BCUT2D eigenvalue weighted by Crippen LogP contribution is 2.20. The fourth-order valence-corrected chi connectivity index (χ4v) is 2.63. The molecule has 0 bridgehead atoms. The van der Waals surface area contributed by atoms with Gasteiger partial charge in [0.05, 0.1) is 12.8 Å². The molecule has 0 aromatic carbocycles. The molecule has 1 N–H and O–H groups in total. The molecule has 0 amide bonds. The molecule has 3 heteroatoms. The summed E-state index contributed by atoms with van der Waals surface area (Å²) in [6.07, 6.45) is 4.53. The third-order valence-electron chi connectivity index (χ3n) is 3.64. The maximum atomic E-state index is 5.59. The molecule has 1 unspecified atom stereocenters. The van der Waals surface area contributed by atoms with Crippen molar-refractivity contribution in [3.05, 3.63) is 23.7 Å². The molecule has 3 nitrogen and oxygen atoms in total. The molecule has 2 heterocycles. The SMILES string of the molecule is CC1CCCN(Cc2ccoc2CNC(C)C)C1. The zero-order valence-corrected chi connectivity index (χ0v) is 11.9. The summed E-state index contributed by atoms with van der Waals surface area (Å²) in [6.45, 7) is 11.0. The minimum Gasteiger partial charge on any atom is -0.468 e. The molecule has 1 atom stereocenters. The van der Waals surface area contributed by atoms with Crippen molar-refractivity contribution in [2.75, 3.05) is 13.1 Å². The fraction of sp³-hybridized carbons (Fsp3) is 0.733. The molecule has 1 saturated heterocycles. The first-order valence-electron chi connectivity index (χ1n) is 7.16. The first-order chi connectivity index (χ1) is 8.65. The van der Waals surface area contributed by atoms with Crippen LogP contribution in [0.25, 0.3) is 0 Å². The number of likely N-dealkylation sites (tertiary alicyclic amines) is 1. The number of nitrogens with zero attached hydrogens (tertiary/aromatic N) is 1. The average Bonchev–Trinajstić information content (AvgIpc) is 2.74. The Balaban J connectivity index is 1.90. The molecule has 0 aliphatic carbocycles. The molecular weight excluding hydrogens is 224 g/mol. The number of hydrogen-bond acceptors (Lipinski definition) is 3. The van der Waals surface area contributed by atoms with Crippen molar-refractivity contribution in [3.8, 4) is 0 Å². The van der Waals surface area contributed by atoms with Crippen LogP contribution in [-0.2, 0) is 13.1 Å². The number of rotatable bonds is 5. The van der Waals surface area contributed by atoms with E-state index in [-0.39, 0.29) is 0 Å². The standard InChI is InChI=1S/C15H26N2O/c1-12(2)16-9-15-14(6-8-18-15)11-17-7-4-5-13(3)10-17/h6,8,12-13,16H,4-5,7,9-11H2,1-3H3. The molecule has 1 aliphatic heterocycles. The third-order valence-corrected chi connectivity index (χ3v) is 3.64. The van der Waals surface area contributed by atoms with Gasteiger partial charge in [0.25, 0.3) is 0 Å². The van der Waals surface area contributed by atoms with E-state index < -0.39 is 0 Å². The molecule has 18 heavy (non-hydrogen) atoms. The van der Waals surface area contributed by atoms with E-state index in [1.54, 1.807) is 0 Å². The molecule has 0 radical (unpaired) electrons. The number of hydrogen-bond donors (Lipinski definition) is 1. The minimum atomic E-state index is 0.498. The smallest absolute Gasteiger partial charge is 0.122 e. The second kappa shape index (κ2) is 6.39. The summed E-state index contributed by atoms with van der Waals surface area (Å²) in [4.78, 5) is 2.55. The maximum absolute atomic E-state index is 5.59. The van der Waals surface area contributed by atoms with Crippen LogP contribution in [0.2, 0.25) is 0 Å². The van der Waals surface area contributed by atoms with Crippen LogP contribution in [-0.4, -0.2) is 24.0 Å². The van der Waals surface area contributed by atoms with Crippen LogP contribution in [0.5, 0.6) is 0 Å². The monoisotopic (exact) mass is 250 g/mol.